The Labute approximate surface area is 137 Å². The first kappa shape index (κ1) is 15.9. The second-order valence-electron chi connectivity index (χ2n) is 5.71. The topological polar surface area (TPSA) is 71.2 Å². The number of benzene rings is 1. The van der Waals surface area contributed by atoms with Gasteiger partial charge in [0.05, 0.1) is 17.3 Å². The summed E-state index contributed by atoms with van der Waals surface area (Å²) < 4.78 is 15.2. The molecule has 1 aromatic carbocycles. The van der Waals surface area contributed by atoms with E-state index < -0.39 is 11.9 Å². The molecule has 2 heterocycles. The van der Waals surface area contributed by atoms with Crippen LogP contribution in [0.1, 0.15) is 23.8 Å². The lowest BCUT2D eigenvalue weighted by Gasteiger charge is -2.33. The number of amides is 1. The molecule has 1 saturated heterocycles. The first-order chi connectivity index (χ1) is 11.0. The van der Waals surface area contributed by atoms with Crippen LogP contribution < -0.4 is 0 Å². The van der Waals surface area contributed by atoms with E-state index in [1.807, 2.05) is 6.92 Å². The second-order valence-corrected chi connectivity index (χ2v) is 6.11. The minimum Gasteiger partial charge on any atom is -0.391 e. The summed E-state index contributed by atoms with van der Waals surface area (Å²) in [5.74, 6) is -0.791. The molecule has 3 rings (SSSR count). The van der Waals surface area contributed by atoms with Gasteiger partial charge in [-0.25, -0.2) is 9.07 Å². The molecule has 0 aliphatic carbocycles. The molecule has 0 radical (unpaired) electrons. The summed E-state index contributed by atoms with van der Waals surface area (Å²) in [4.78, 5) is 14.0. The minimum absolute atomic E-state index is 0.0287. The van der Waals surface area contributed by atoms with Crippen LogP contribution in [0, 0.1) is 11.7 Å². The third-order valence-corrected chi connectivity index (χ3v) is 4.39. The van der Waals surface area contributed by atoms with Crippen molar-refractivity contribution in [2.75, 3.05) is 13.1 Å². The maximum absolute atomic E-state index is 14.0. The van der Waals surface area contributed by atoms with Gasteiger partial charge >= 0.3 is 0 Å². The molecule has 8 heteroatoms. The quantitative estimate of drug-likeness (QED) is 0.908. The molecule has 2 aromatic rings. The van der Waals surface area contributed by atoms with E-state index >= 15 is 0 Å². The van der Waals surface area contributed by atoms with Gasteiger partial charge in [-0.3, -0.25) is 4.79 Å². The number of piperidine rings is 1. The predicted molar refractivity (Wildman–Crippen MR) is 82.0 cm³/mol. The average molecular weight is 339 g/mol. The zero-order valence-electron chi connectivity index (χ0n) is 12.5. The van der Waals surface area contributed by atoms with Crippen molar-refractivity contribution in [2.45, 2.75) is 19.4 Å². The third-order valence-electron chi connectivity index (χ3n) is 4.10. The lowest BCUT2D eigenvalue weighted by Crippen LogP contribution is -2.45. The Balaban J connectivity index is 1.82. The number of aliphatic hydroxyl groups excluding tert-OH is 1. The van der Waals surface area contributed by atoms with Crippen LogP contribution in [0.3, 0.4) is 0 Å². The number of nitrogens with zero attached hydrogens (tertiary/aromatic N) is 4. The average Bonchev–Trinajstić information content (AvgIpc) is 3.01. The number of aliphatic hydroxyl groups is 1. The van der Waals surface area contributed by atoms with E-state index in [0.717, 1.165) is 6.42 Å². The summed E-state index contributed by atoms with van der Waals surface area (Å²) in [7, 11) is 0. The molecule has 122 valence electrons. The molecule has 0 bridgehead atoms. The van der Waals surface area contributed by atoms with Gasteiger partial charge in [-0.2, -0.15) is 0 Å². The van der Waals surface area contributed by atoms with Crippen molar-refractivity contribution in [3.63, 3.8) is 0 Å². The number of carbonyl (C=O) groups excluding carboxylic acids is 1. The zero-order chi connectivity index (χ0) is 16.6. The van der Waals surface area contributed by atoms with Crippen LogP contribution in [0.25, 0.3) is 5.69 Å². The molecule has 1 N–H and O–H groups in total. The van der Waals surface area contributed by atoms with Crippen molar-refractivity contribution in [3.05, 3.63) is 40.9 Å². The van der Waals surface area contributed by atoms with Crippen molar-refractivity contribution in [2.24, 2.45) is 5.92 Å². The SMILES string of the molecule is C[C@@H]1CCN(C(=O)c2cn(-c3cccc(Cl)c3F)nn2)C[C@@H]1O. The Morgan fingerprint density at radius 1 is 1.48 bits per heavy atom. The Morgan fingerprint density at radius 2 is 2.26 bits per heavy atom. The van der Waals surface area contributed by atoms with Crippen molar-refractivity contribution < 1.29 is 14.3 Å². The van der Waals surface area contributed by atoms with Crippen LogP contribution in [-0.2, 0) is 0 Å². The van der Waals surface area contributed by atoms with Crippen LogP contribution in [-0.4, -0.2) is 50.1 Å². The van der Waals surface area contributed by atoms with Gasteiger partial charge in [-0.05, 0) is 24.5 Å². The molecular weight excluding hydrogens is 323 g/mol. The highest BCUT2D eigenvalue weighted by Gasteiger charge is 2.29. The second kappa shape index (κ2) is 6.25. The molecule has 2 atom stereocenters. The number of β-amino-alcohol motifs (C(OH)–C–C–N with tert-alkyl or cyclic N) is 1. The molecular formula is C15H16ClFN4O2. The van der Waals surface area contributed by atoms with E-state index in [9.17, 15) is 14.3 Å². The van der Waals surface area contributed by atoms with Crippen LogP contribution >= 0.6 is 11.6 Å². The number of likely N-dealkylation sites (tertiary alicyclic amines) is 1. The number of carbonyl (C=O) groups is 1. The minimum atomic E-state index is -0.625. The van der Waals surface area contributed by atoms with Gasteiger partial charge < -0.3 is 10.0 Å². The maximum Gasteiger partial charge on any atom is 0.276 e. The third kappa shape index (κ3) is 3.07. The van der Waals surface area contributed by atoms with Gasteiger partial charge in [-0.15, -0.1) is 5.10 Å². The van der Waals surface area contributed by atoms with Crippen LogP contribution in [0.4, 0.5) is 4.39 Å². The van der Waals surface area contributed by atoms with Crippen molar-refractivity contribution >= 4 is 17.5 Å². The lowest BCUT2D eigenvalue weighted by molar-refractivity contribution is 0.0245. The van der Waals surface area contributed by atoms with E-state index in [-0.39, 0.29) is 34.8 Å². The fourth-order valence-corrected chi connectivity index (χ4v) is 2.71. The van der Waals surface area contributed by atoms with Gasteiger partial charge in [-0.1, -0.05) is 29.8 Å². The summed E-state index contributed by atoms with van der Waals surface area (Å²) in [6.07, 6.45) is 1.54. The summed E-state index contributed by atoms with van der Waals surface area (Å²) in [5, 5.41) is 17.5. The molecule has 0 spiro atoms. The highest BCUT2D eigenvalue weighted by molar-refractivity contribution is 6.30. The summed E-state index contributed by atoms with van der Waals surface area (Å²) >= 11 is 5.75. The molecule has 0 saturated carbocycles. The normalized spacial score (nSPS) is 21.5. The number of aromatic nitrogens is 3. The molecule has 1 fully saturated rings. The number of halogens is 2. The molecule has 6 nitrogen and oxygen atoms in total. The Hall–Kier alpha value is -1.99. The monoisotopic (exact) mass is 338 g/mol. The van der Waals surface area contributed by atoms with Crippen LogP contribution in [0.5, 0.6) is 0 Å². The zero-order valence-corrected chi connectivity index (χ0v) is 13.2. The Morgan fingerprint density at radius 3 is 3.00 bits per heavy atom. The number of hydrogen-bond acceptors (Lipinski definition) is 4. The van der Waals surface area contributed by atoms with Crippen molar-refractivity contribution in [1.29, 1.82) is 0 Å². The maximum atomic E-state index is 14.0. The fourth-order valence-electron chi connectivity index (χ4n) is 2.54. The Bertz CT molecular complexity index is 736. The first-order valence-corrected chi connectivity index (χ1v) is 7.69. The van der Waals surface area contributed by atoms with Crippen LogP contribution in [0.15, 0.2) is 24.4 Å². The van der Waals surface area contributed by atoms with Gasteiger partial charge in [0.2, 0.25) is 0 Å². The number of hydrogen-bond donors (Lipinski definition) is 1. The van der Waals surface area contributed by atoms with E-state index in [1.54, 1.807) is 6.07 Å². The lowest BCUT2D eigenvalue weighted by atomic mass is 9.96. The van der Waals surface area contributed by atoms with E-state index in [0.29, 0.717) is 6.54 Å². The van der Waals surface area contributed by atoms with E-state index in [2.05, 4.69) is 10.3 Å². The van der Waals surface area contributed by atoms with Crippen molar-refractivity contribution in [1.82, 2.24) is 19.9 Å². The molecule has 1 amide bonds. The Kier molecular flexibility index (Phi) is 4.32. The van der Waals surface area contributed by atoms with E-state index in [4.69, 9.17) is 11.6 Å². The van der Waals surface area contributed by atoms with Gasteiger partial charge in [0.1, 0.15) is 5.69 Å². The van der Waals surface area contributed by atoms with Gasteiger partial charge in [0.15, 0.2) is 11.5 Å². The molecule has 1 aliphatic heterocycles. The highest BCUT2D eigenvalue weighted by Crippen LogP contribution is 2.22. The largest absolute Gasteiger partial charge is 0.391 e. The fraction of sp³-hybridized carbons (Fsp3) is 0.400. The first-order valence-electron chi connectivity index (χ1n) is 7.31. The van der Waals surface area contributed by atoms with Gasteiger partial charge in [0, 0.05) is 13.1 Å². The summed E-state index contributed by atoms with van der Waals surface area (Å²) in [5.41, 5.74) is 0.225. The number of rotatable bonds is 2. The smallest absolute Gasteiger partial charge is 0.276 e. The summed E-state index contributed by atoms with van der Waals surface area (Å²) in [6, 6.07) is 4.52. The highest BCUT2D eigenvalue weighted by atomic mass is 35.5. The predicted octanol–water partition coefficient (Wildman–Crippen LogP) is 1.90. The molecule has 0 unspecified atom stereocenters. The van der Waals surface area contributed by atoms with Crippen molar-refractivity contribution in [3.8, 4) is 5.69 Å². The van der Waals surface area contributed by atoms with Gasteiger partial charge in [0.25, 0.3) is 5.91 Å². The van der Waals surface area contributed by atoms with Crippen LogP contribution in [0.2, 0.25) is 5.02 Å². The standard InChI is InChI=1S/C15H16ClFN4O2/c1-9-5-6-20(8-13(9)22)15(23)11-7-21(19-18-11)12-4-2-3-10(16)14(12)17/h2-4,7,9,13,22H,5-6,8H2,1H3/t9-,13+/m1/s1. The molecule has 23 heavy (non-hydrogen) atoms. The summed E-state index contributed by atoms with van der Waals surface area (Å²) in [6.45, 7) is 2.76. The molecule has 1 aromatic heterocycles. The molecule has 1 aliphatic rings. The van der Waals surface area contributed by atoms with E-state index in [1.165, 1.54) is 27.9 Å².